The minimum absolute atomic E-state index is 0.665. The molecule has 1 aliphatic heterocycles. The Kier molecular flexibility index (Phi) is 3.33. The van der Waals surface area contributed by atoms with Crippen molar-refractivity contribution in [3.63, 3.8) is 0 Å². The Bertz CT molecular complexity index is 656. The summed E-state index contributed by atoms with van der Waals surface area (Å²) in [6, 6.07) is 19.5. The van der Waals surface area contributed by atoms with Crippen LogP contribution in [0.25, 0.3) is 11.5 Å². The van der Waals surface area contributed by atoms with Crippen LogP contribution in [-0.2, 0) is 9.30 Å². The number of hydrogen-bond donors (Lipinski definition) is 0. The number of ether oxygens (including phenoxy) is 1. The van der Waals surface area contributed by atoms with Gasteiger partial charge in [0.15, 0.2) is 0 Å². The average molecular weight is 282 g/mol. The molecular formula is C17H15O2P. The molecule has 1 aliphatic rings. The summed E-state index contributed by atoms with van der Waals surface area (Å²) in [4.78, 5) is 0. The van der Waals surface area contributed by atoms with Gasteiger partial charge >= 0.3 is 0 Å². The fourth-order valence-corrected chi connectivity index (χ4v) is 3.56. The predicted octanol–water partition coefficient (Wildman–Crippen LogP) is 5.01. The quantitative estimate of drug-likeness (QED) is 0.724. The molecule has 0 aliphatic carbocycles. The Labute approximate surface area is 118 Å². The van der Waals surface area contributed by atoms with Crippen molar-refractivity contribution >= 4 is 18.7 Å². The van der Waals surface area contributed by atoms with Gasteiger partial charge in [0, 0.05) is 22.8 Å². The smallest absolute Gasteiger partial charge is 0.138 e. The maximum atomic E-state index is 12.6. The lowest BCUT2D eigenvalue weighted by Crippen LogP contribution is -1.98. The van der Waals surface area contributed by atoms with Crippen LogP contribution in [0.15, 0.2) is 72.3 Å². The summed E-state index contributed by atoms with van der Waals surface area (Å²) < 4.78 is 18.5. The molecule has 0 saturated heterocycles. The maximum absolute atomic E-state index is 12.6. The van der Waals surface area contributed by atoms with Gasteiger partial charge in [-0.2, -0.15) is 0 Å². The van der Waals surface area contributed by atoms with Crippen molar-refractivity contribution in [1.82, 2.24) is 0 Å². The first-order valence-electron chi connectivity index (χ1n) is 6.45. The monoisotopic (exact) mass is 282 g/mol. The molecule has 3 rings (SSSR count). The summed E-state index contributed by atoms with van der Waals surface area (Å²) in [5.74, 6) is 4.79. The van der Waals surface area contributed by atoms with E-state index in [1.54, 1.807) is 18.3 Å². The highest BCUT2D eigenvalue weighted by atomic mass is 31.2. The standard InChI is InChI=1S/C17H15O2P/c1-20(18)12-16(14-8-4-2-5-9-14)19-17(13-20)15-10-6-3-7-11-15/h2-13H,1H3. The normalized spacial score (nSPS) is 16.9. The summed E-state index contributed by atoms with van der Waals surface area (Å²) in [5.41, 5.74) is 1.88. The number of hydrogen-bond acceptors (Lipinski definition) is 2. The van der Waals surface area contributed by atoms with Gasteiger partial charge in [0.2, 0.25) is 0 Å². The van der Waals surface area contributed by atoms with Crippen LogP contribution in [0.5, 0.6) is 0 Å². The first-order valence-corrected chi connectivity index (χ1v) is 8.75. The van der Waals surface area contributed by atoms with Gasteiger partial charge in [-0.15, -0.1) is 0 Å². The highest BCUT2D eigenvalue weighted by Crippen LogP contribution is 2.53. The molecule has 2 aromatic carbocycles. The van der Waals surface area contributed by atoms with E-state index in [9.17, 15) is 4.57 Å². The summed E-state index contributed by atoms with van der Waals surface area (Å²) in [5, 5.41) is 0. The molecule has 0 spiro atoms. The van der Waals surface area contributed by atoms with E-state index in [2.05, 4.69) is 0 Å². The highest BCUT2D eigenvalue weighted by molar-refractivity contribution is 7.69. The molecule has 0 radical (unpaired) electrons. The molecule has 0 bridgehead atoms. The average Bonchev–Trinajstić information content (AvgIpc) is 2.47. The van der Waals surface area contributed by atoms with Crippen LogP contribution >= 0.6 is 7.14 Å². The van der Waals surface area contributed by atoms with Gasteiger partial charge < -0.3 is 9.30 Å². The second kappa shape index (κ2) is 5.15. The Morgan fingerprint density at radius 1 is 0.750 bits per heavy atom. The first kappa shape index (κ1) is 13.0. The molecule has 100 valence electrons. The van der Waals surface area contributed by atoms with E-state index in [4.69, 9.17) is 4.74 Å². The molecule has 0 N–H and O–H groups in total. The molecule has 0 saturated carbocycles. The lowest BCUT2D eigenvalue weighted by Gasteiger charge is -2.20. The zero-order valence-electron chi connectivity index (χ0n) is 11.2. The van der Waals surface area contributed by atoms with E-state index < -0.39 is 7.14 Å². The van der Waals surface area contributed by atoms with E-state index in [1.165, 1.54) is 0 Å². The van der Waals surface area contributed by atoms with Crippen LogP contribution in [0.4, 0.5) is 0 Å². The first-order chi connectivity index (χ1) is 9.64. The minimum Gasteiger partial charge on any atom is -0.456 e. The third kappa shape index (κ3) is 2.76. The fraction of sp³-hybridized carbons (Fsp3) is 0.0588. The fourth-order valence-electron chi connectivity index (χ4n) is 2.15. The molecule has 0 atom stereocenters. The molecule has 1 heterocycles. The summed E-state index contributed by atoms with van der Waals surface area (Å²) in [6.07, 6.45) is 0. The van der Waals surface area contributed by atoms with E-state index >= 15 is 0 Å². The molecule has 20 heavy (non-hydrogen) atoms. The molecule has 3 heteroatoms. The van der Waals surface area contributed by atoms with E-state index in [0.29, 0.717) is 11.5 Å². The van der Waals surface area contributed by atoms with E-state index in [0.717, 1.165) is 11.1 Å². The van der Waals surface area contributed by atoms with Crippen LogP contribution < -0.4 is 0 Å². The van der Waals surface area contributed by atoms with Crippen molar-refractivity contribution in [1.29, 1.82) is 0 Å². The van der Waals surface area contributed by atoms with Gasteiger partial charge in [0.05, 0.1) is 0 Å². The third-order valence-corrected chi connectivity index (χ3v) is 4.58. The lowest BCUT2D eigenvalue weighted by atomic mass is 10.2. The zero-order valence-corrected chi connectivity index (χ0v) is 12.1. The SMILES string of the molecule is CP1(=O)C=C(c2ccccc2)OC(c2ccccc2)=C1. The van der Waals surface area contributed by atoms with Crippen molar-refractivity contribution in [2.24, 2.45) is 0 Å². The van der Waals surface area contributed by atoms with Gasteiger partial charge in [0.1, 0.15) is 18.7 Å². The van der Waals surface area contributed by atoms with Crippen LogP contribution in [0.3, 0.4) is 0 Å². The van der Waals surface area contributed by atoms with Gasteiger partial charge in [0.25, 0.3) is 0 Å². The topological polar surface area (TPSA) is 26.3 Å². The molecule has 0 unspecified atom stereocenters. The van der Waals surface area contributed by atoms with E-state index in [1.807, 2.05) is 60.7 Å². The third-order valence-electron chi connectivity index (χ3n) is 3.08. The Morgan fingerprint density at radius 2 is 1.15 bits per heavy atom. The summed E-state index contributed by atoms with van der Waals surface area (Å²) in [6.45, 7) is 1.75. The number of benzene rings is 2. The Balaban J connectivity index is 2.02. The molecule has 0 fully saturated rings. The predicted molar refractivity (Wildman–Crippen MR) is 83.5 cm³/mol. The summed E-state index contributed by atoms with van der Waals surface area (Å²) >= 11 is 0. The minimum atomic E-state index is -2.48. The molecule has 0 aromatic heterocycles. The largest absolute Gasteiger partial charge is 0.456 e. The van der Waals surface area contributed by atoms with Crippen molar-refractivity contribution in [2.45, 2.75) is 0 Å². The number of rotatable bonds is 2. The second-order valence-corrected chi connectivity index (χ2v) is 7.51. The zero-order chi connectivity index (χ0) is 14.0. The second-order valence-electron chi connectivity index (χ2n) is 4.88. The molecule has 0 amide bonds. The van der Waals surface area contributed by atoms with Crippen LogP contribution in [-0.4, -0.2) is 6.66 Å². The van der Waals surface area contributed by atoms with Gasteiger partial charge in [-0.3, -0.25) is 0 Å². The van der Waals surface area contributed by atoms with Gasteiger partial charge in [-0.1, -0.05) is 60.7 Å². The van der Waals surface area contributed by atoms with Crippen molar-refractivity contribution in [3.8, 4) is 0 Å². The van der Waals surface area contributed by atoms with Crippen LogP contribution in [0.1, 0.15) is 11.1 Å². The highest BCUT2D eigenvalue weighted by Gasteiger charge is 2.22. The van der Waals surface area contributed by atoms with Gasteiger partial charge in [-0.25, -0.2) is 0 Å². The maximum Gasteiger partial charge on any atom is 0.138 e. The Hall–Kier alpha value is -2.05. The molecule has 2 nitrogen and oxygen atoms in total. The van der Waals surface area contributed by atoms with Crippen molar-refractivity contribution in [3.05, 3.63) is 83.4 Å². The van der Waals surface area contributed by atoms with Crippen LogP contribution in [0, 0.1) is 0 Å². The van der Waals surface area contributed by atoms with Crippen molar-refractivity contribution < 1.29 is 9.30 Å². The summed E-state index contributed by atoms with van der Waals surface area (Å²) in [7, 11) is -2.48. The van der Waals surface area contributed by atoms with Gasteiger partial charge in [-0.05, 0) is 6.66 Å². The molecule has 2 aromatic rings. The lowest BCUT2D eigenvalue weighted by molar-refractivity contribution is 0.469. The molecular weight excluding hydrogens is 267 g/mol. The Morgan fingerprint density at radius 3 is 1.55 bits per heavy atom. The van der Waals surface area contributed by atoms with Crippen molar-refractivity contribution in [2.75, 3.05) is 6.66 Å². The van der Waals surface area contributed by atoms with Crippen LogP contribution in [0.2, 0.25) is 0 Å². The van der Waals surface area contributed by atoms with E-state index in [-0.39, 0.29) is 0 Å².